The first kappa shape index (κ1) is 22.5. The molecule has 0 aliphatic heterocycles. The molecule has 0 rings (SSSR count). The molecule has 0 aliphatic carbocycles. The largest absolute Gasteiger partial charge is 1.00 e. The fourth-order valence-corrected chi connectivity index (χ4v) is 0. The van der Waals surface area contributed by atoms with Gasteiger partial charge < -0.3 is 22.3 Å². The summed E-state index contributed by atoms with van der Waals surface area (Å²) in [5.74, 6) is 0. The van der Waals surface area contributed by atoms with Crippen molar-refractivity contribution in [2.45, 2.75) is 0 Å². The molecule has 0 aliphatic rings. The molecule has 6 N–H and O–H groups in total. The molecule has 8 heavy (non-hydrogen) atoms. The van der Waals surface area contributed by atoms with Gasteiger partial charge in [-0.25, -0.2) is 4.57 Å². The van der Waals surface area contributed by atoms with E-state index < -0.39 is 7.82 Å². The minimum absolute atomic E-state index is 0. The standard InChI is InChI=1S/ClH.K.H3N.H3O4P.H/c;;;1-5(2,3)4;/h1H;;1H3;(H3,1,2,3,4);/q;+1;;;-1. The third kappa shape index (κ3) is 98.2. The Labute approximate surface area is 97.0 Å². The van der Waals surface area contributed by atoms with Crippen molar-refractivity contribution in [1.82, 2.24) is 6.15 Å². The van der Waals surface area contributed by atoms with Gasteiger partial charge in [-0.3, -0.25) is 0 Å². The molecule has 0 bridgehead atoms. The fourth-order valence-electron chi connectivity index (χ4n) is 0. The van der Waals surface area contributed by atoms with Crippen molar-refractivity contribution in [2.75, 3.05) is 0 Å². The van der Waals surface area contributed by atoms with Gasteiger partial charge in [-0.2, -0.15) is 0 Å². The molecule has 0 aromatic heterocycles. The molecule has 0 fully saturated rings. The Morgan fingerprint density at radius 3 is 1.25 bits per heavy atom. The zero-order valence-electron chi connectivity index (χ0n) is 5.31. The van der Waals surface area contributed by atoms with E-state index in [0.717, 1.165) is 0 Å². The molecule has 5 nitrogen and oxygen atoms in total. The van der Waals surface area contributed by atoms with Crippen LogP contribution < -0.4 is 57.5 Å². The molecule has 0 saturated heterocycles. The molecule has 8 heteroatoms. The Balaban J connectivity index is -0.0000000133. The molecule has 0 aromatic rings. The Morgan fingerprint density at radius 1 is 1.25 bits per heavy atom. The predicted molar refractivity (Wildman–Crippen MR) is 27.6 cm³/mol. The number of halogens is 1. The predicted octanol–water partition coefficient (Wildman–Crippen LogP) is -3.23. The monoisotopic (exact) mass is 191 g/mol. The van der Waals surface area contributed by atoms with E-state index in [1.807, 2.05) is 0 Å². The maximum Gasteiger partial charge on any atom is 1.00 e. The van der Waals surface area contributed by atoms with Crippen molar-refractivity contribution in [3.8, 4) is 0 Å². The van der Waals surface area contributed by atoms with Gasteiger partial charge in [0.05, 0.1) is 0 Å². The fraction of sp³-hybridized carbons (Fsp3) is 0. The van der Waals surface area contributed by atoms with Crippen molar-refractivity contribution in [3.63, 3.8) is 0 Å². The summed E-state index contributed by atoms with van der Waals surface area (Å²) in [6.45, 7) is 0. The van der Waals surface area contributed by atoms with Crippen LogP contribution in [0.25, 0.3) is 0 Å². The van der Waals surface area contributed by atoms with Gasteiger partial charge in [0, 0.05) is 0 Å². The average molecular weight is 192 g/mol. The number of rotatable bonds is 0. The van der Waals surface area contributed by atoms with Gasteiger partial charge in [0.15, 0.2) is 0 Å². The third-order valence-electron chi connectivity index (χ3n) is 0. The van der Waals surface area contributed by atoms with Crippen molar-refractivity contribution in [3.05, 3.63) is 0 Å². The smallest absolute Gasteiger partial charge is 1.00 e. The normalized spacial score (nSPS) is 7.38. The van der Waals surface area contributed by atoms with E-state index in [0.29, 0.717) is 0 Å². The van der Waals surface area contributed by atoms with Crippen LogP contribution in [0.2, 0.25) is 0 Å². The van der Waals surface area contributed by atoms with Gasteiger partial charge >= 0.3 is 59.2 Å². The summed E-state index contributed by atoms with van der Waals surface area (Å²) in [7, 11) is -4.64. The van der Waals surface area contributed by atoms with Crippen LogP contribution in [-0.2, 0) is 4.57 Å². The molecular formula is H8ClKNO4P. The van der Waals surface area contributed by atoms with Crippen molar-refractivity contribution in [2.24, 2.45) is 0 Å². The third-order valence-corrected chi connectivity index (χ3v) is 0. The molecule has 0 radical (unpaired) electrons. The van der Waals surface area contributed by atoms with Crippen LogP contribution in [0.5, 0.6) is 0 Å². The van der Waals surface area contributed by atoms with Crippen LogP contribution in [0.3, 0.4) is 0 Å². The van der Waals surface area contributed by atoms with Crippen LogP contribution >= 0.6 is 20.2 Å². The first-order valence-electron chi connectivity index (χ1n) is 0.783. The minimum atomic E-state index is -4.64. The summed E-state index contributed by atoms with van der Waals surface area (Å²) in [6.07, 6.45) is 0. The maximum atomic E-state index is 8.88. The van der Waals surface area contributed by atoms with Gasteiger partial charge in [0.1, 0.15) is 0 Å². The second-order valence-electron chi connectivity index (χ2n) is 0.513. The van der Waals surface area contributed by atoms with Crippen molar-refractivity contribution >= 4 is 20.2 Å². The number of hydrogen-bond donors (Lipinski definition) is 4. The van der Waals surface area contributed by atoms with E-state index in [2.05, 4.69) is 0 Å². The first-order chi connectivity index (χ1) is 2.00. The summed E-state index contributed by atoms with van der Waals surface area (Å²) < 4.78 is 8.88. The van der Waals surface area contributed by atoms with E-state index in [4.69, 9.17) is 19.2 Å². The van der Waals surface area contributed by atoms with Gasteiger partial charge in [0.2, 0.25) is 0 Å². The maximum absolute atomic E-state index is 8.88. The second-order valence-corrected chi connectivity index (χ2v) is 1.54. The zero-order chi connectivity index (χ0) is 4.50. The Bertz CT molecular complexity index is 66.7. The zero-order valence-corrected chi connectivity index (χ0v) is 9.15. The van der Waals surface area contributed by atoms with E-state index in [1.165, 1.54) is 0 Å². The summed E-state index contributed by atoms with van der Waals surface area (Å²) >= 11 is 0. The van der Waals surface area contributed by atoms with E-state index in [-0.39, 0.29) is 71.4 Å². The van der Waals surface area contributed by atoms with Crippen LogP contribution in [0, 0.1) is 0 Å². The molecule has 0 spiro atoms. The molecular weight excluding hydrogens is 184 g/mol. The van der Waals surface area contributed by atoms with Crippen LogP contribution in [-0.4, -0.2) is 14.7 Å². The minimum Gasteiger partial charge on any atom is -1.00 e. The van der Waals surface area contributed by atoms with Crippen molar-refractivity contribution < 1.29 is 72.1 Å². The van der Waals surface area contributed by atoms with E-state index >= 15 is 0 Å². The van der Waals surface area contributed by atoms with Gasteiger partial charge in [-0.15, -0.1) is 12.4 Å². The molecule has 0 amide bonds. The molecule has 50 valence electrons. The molecule has 0 atom stereocenters. The Morgan fingerprint density at radius 2 is 1.25 bits per heavy atom. The Kier molecular flexibility index (Phi) is 25.3. The second kappa shape index (κ2) is 9.00. The van der Waals surface area contributed by atoms with E-state index in [1.54, 1.807) is 0 Å². The molecule has 0 heterocycles. The number of phosphoric acid groups is 1. The topological polar surface area (TPSA) is 113 Å². The molecule has 0 unspecified atom stereocenters. The first-order valence-corrected chi connectivity index (χ1v) is 2.35. The average Bonchev–Trinajstić information content (AvgIpc) is 0.722. The number of hydrogen-bond acceptors (Lipinski definition) is 2. The van der Waals surface area contributed by atoms with Crippen LogP contribution in [0.1, 0.15) is 1.43 Å². The summed E-state index contributed by atoms with van der Waals surface area (Å²) in [5.41, 5.74) is 0. The Hall–Kier alpha value is 2.00. The van der Waals surface area contributed by atoms with Gasteiger partial charge in [-0.1, -0.05) is 0 Å². The van der Waals surface area contributed by atoms with Crippen molar-refractivity contribution in [1.29, 1.82) is 0 Å². The summed E-state index contributed by atoms with van der Waals surface area (Å²) in [5, 5.41) is 0. The molecule has 0 aromatic carbocycles. The SMILES string of the molecule is Cl.N.O=P(O)(O)O.[H-].[K+]. The van der Waals surface area contributed by atoms with Gasteiger partial charge in [0.25, 0.3) is 0 Å². The quantitative estimate of drug-likeness (QED) is 0.238. The van der Waals surface area contributed by atoms with Crippen LogP contribution in [0.4, 0.5) is 0 Å². The molecule has 0 saturated carbocycles. The van der Waals surface area contributed by atoms with E-state index in [9.17, 15) is 0 Å². The summed E-state index contributed by atoms with van der Waals surface area (Å²) in [6, 6.07) is 0. The van der Waals surface area contributed by atoms with Crippen LogP contribution in [0.15, 0.2) is 0 Å². The van der Waals surface area contributed by atoms with Gasteiger partial charge in [-0.05, 0) is 0 Å². The summed E-state index contributed by atoms with van der Waals surface area (Å²) in [4.78, 5) is 21.6.